The van der Waals surface area contributed by atoms with Gasteiger partial charge in [0.15, 0.2) is 0 Å². The van der Waals surface area contributed by atoms with Crippen LogP contribution in [0.3, 0.4) is 0 Å². The number of sulfonamides is 1. The second-order valence-electron chi connectivity index (χ2n) is 14.1. The lowest BCUT2D eigenvalue weighted by atomic mass is 9.68. The summed E-state index contributed by atoms with van der Waals surface area (Å²) in [6.07, 6.45) is 7.15. The van der Waals surface area contributed by atoms with E-state index >= 15 is 0 Å². The normalized spacial score (nSPS) is 28.2. The summed E-state index contributed by atoms with van der Waals surface area (Å²) in [4.78, 5) is 28.2. The van der Waals surface area contributed by atoms with Crippen LogP contribution in [0, 0.1) is 11.8 Å². The number of benzene rings is 2. The van der Waals surface area contributed by atoms with Gasteiger partial charge in [-0.05, 0) is 113 Å². The fraction of sp³-hybridized carbons (Fsp3) is 0.543. The van der Waals surface area contributed by atoms with Gasteiger partial charge in [0.05, 0.1) is 23.8 Å². The van der Waals surface area contributed by atoms with Crippen LogP contribution in [-0.2, 0) is 36.1 Å². The highest BCUT2D eigenvalue weighted by Crippen LogP contribution is 2.47. The Hall–Kier alpha value is -3.28. The molecule has 2 N–H and O–H groups in total. The van der Waals surface area contributed by atoms with Gasteiger partial charge in [0.2, 0.25) is 0 Å². The van der Waals surface area contributed by atoms with Gasteiger partial charge in [0.1, 0.15) is 17.5 Å². The van der Waals surface area contributed by atoms with Crippen molar-refractivity contribution in [2.75, 3.05) is 31.2 Å². The second kappa shape index (κ2) is 13.0. The first-order valence-electron chi connectivity index (χ1n) is 16.4. The van der Waals surface area contributed by atoms with E-state index in [2.05, 4.69) is 21.0 Å². The number of rotatable bonds is 2. The molecule has 6 rings (SSSR count). The first-order valence-corrected chi connectivity index (χ1v) is 18.3. The fourth-order valence-corrected chi connectivity index (χ4v) is 8.59. The molecule has 2 aliphatic carbocycles. The van der Waals surface area contributed by atoms with E-state index in [4.69, 9.17) is 25.8 Å². The third kappa shape index (κ3) is 6.98. The Balaban J connectivity index is 1.42. The van der Waals surface area contributed by atoms with Crippen LogP contribution >= 0.6 is 11.6 Å². The molecule has 0 aromatic heterocycles. The lowest BCUT2D eigenvalue weighted by molar-refractivity contribution is -0.139. The maximum absolute atomic E-state index is 13.6. The lowest BCUT2D eigenvalue weighted by Gasteiger charge is -2.46. The molecule has 10 nitrogen and oxygen atoms in total. The summed E-state index contributed by atoms with van der Waals surface area (Å²) in [6, 6.07) is 10.8. The minimum Gasteiger partial charge on any atom is -0.490 e. The van der Waals surface area contributed by atoms with Gasteiger partial charge in [-0.1, -0.05) is 23.7 Å². The van der Waals surface area contributed by atoms with Crippen LogP contribution in [0.5, 0.6) is 5.75 Å². The van der Waals surface area contributed by atoms with E-state index in [1.807, 2.05) is 32.1 Å². The summed E-state index contributed by atoms with van der Waals surface area (Å²) >= 11 is 6.41. The zero-order valence-electron chi connectivity index (χ0n) is 27.4. The summed E-state index contributed by atoms with van der Waals surface area (Å²) in [5.74, 6) is -0.0298. The molecule has 2 amide bonds. The standard InChI is InChI=1S/C35H44ClN3O7S/c1-22(2)37-33(41)46-30-8-6-16-45-34(3,4)32(40)38-47(42,43)26-11-14-31-29(18-26)39(19-24-9-12-27(24)30)20-35(21-44-31)15-5-7-23-17-25(36)10-13-28(23)35/h6,8,10-11,13-14,17-18,22,24,27,30H,5,7,9,12,15-16,19-21H2,1-4H3,(H,37,41)(H,38,40)/t24-,27+,30-,35-/m0/s1. The highest BCUT2D eigenvalue weighted by molar-refractivity contribution is 7.90. The molecule has 2 heterocycles. The molecule has 1 saturated carbocycles. The number of nitrogens with zero attached hydrogens (tertiary/aromatic N) is 1. The Kier molecular flexibility index (Phi) is 9.28. The van der Waals surface area contributed by atoms with Gasteiger partial charge in [0, 0.05) is 35.5 Å². The topological polar surface area (TPSA) is 123 Å². The number of fused-ring (bicyclic) bond motifs is 4. The molecule has 4 atom stereocenters. The van der Waals surface area contributed by atoms with Crippen LogP contribution in [0.25, 0.3) is 0 Å². The molecule has 254 valence electrons. The van der Waals surface area contributed by atoms with Crippen molar-refractivity contribution in [3.05, 3.63) is 64.7 Å². The van der Waals surface area contributed by atoms with Gasteiger partial charge in [-0.3, -0.25) is 4.79 Å². The van der Waals surface area contributed by atoms with E-state index in [9.17, 15) is 18.0 Å². The van der Waals surface area contributed by atoms with Crippen LogP contribution in [0.15, 0.2) is 53.4 Å². The van der Waals surface area contributed by atoms with E-state index in [0.29, 0.717) is 36.2 Å². The molecule has 4 aliphatic rings. The monoisotopic (exact) mass is 685 g/mol. The average molecular weight is 686 g/mol. The molecule has 2 aliphatic heterocycles. The van der Waals surface area contributed by atoms with Gasteiger partial charge in [-0.15, -0.1) is 0 Å². The maximum Gasteiger partial charge on any atom is 0.407 e. The Labute approximate surface area is 282 Å². The molecular weight excluding hydrogens is 642 g/mol. The number of nitrogens with one attached hydrogen (secondary N) is 2. The van der Waals surface area contributed by atoms with Crippen molar-refractivity contribution >= 4 is 39.3 Å². The molecule has 47 heavy (non-hydrogen) atoms. The first-order chi connectivity index (χ1) is 22.3. The molecule has 2 aromatic carbocycles. The Bertz CT molecular complexity index is 1680. The number of alkyl carbamates (subject to hydrolysis) is 1. The molecule has 0 unspecified atom stereocenters. The number of hydrogen-bond donors (Lipinski definition) is 2. The predicted molar refractivity (Wildman–Crippen MR) is 179 cm³/mol. The third-order valence-electron chi connectivity index (χ3n) is 9.96. The van der Waals surface area contributed by atoms with Crippen molar-refractivity contribution < 1.29 is 32.2 Å². The van der Waals surface area contributed by atoms with Crippen molar-refractivity contribution in [1.82, 2.24) is 10.0 Å². The van der Waals surface area contributed by atoms with E-state index in [1.165, 1.54) is 31.0 Å². The summed E-state index contributed by atoms with van der Waals surface area (Å²) in [5.41, 5.74) is 1.26. The van der Waals surface area contributed by atoms with Gasteiger partial charge in [-0.2, -0.15) is 0 Å². The summed E-state index contributed by atoms with van der Waals surface area (Å²) in [7, 11) is -4.23. The number of amides is 2. The minimum atomic E-state index is -4.23. The third-order valence-corrected chi connectivity index (χ3v) is 11.5. The number of carbonyl (C=O) groups excluding carboxylic acids is 2. The van der Waals surface area contributed by atoms with Gasteiger partial charge < -0.3 is 24.4 Å². The smallest absolute Gasteiger partial charge is 0.407 e. The summed E-state index contributed by atoms with van der Waals surface area (Å²) < 4.78 is 47.7. The Morgan fingerprint density at radius 3 is 2.72 bits per heavy atom. The number of aryl methyl sites for hydroxylation is 1. The number of carbonyl (C=O) groups is 2. The van der Waals surface area contributed by atoms with Crippen molar-refractivity contribution in [1.29, 1.82) is 0 Å². The fourth-order valence-electron chi connectivity index (χ4n) is 7.28. The highest BCUT2D eigenvalue weighted by atomic mass is 35.5. The SMILES string of the molecule is CC(C)NC(=O)O[C@H]1C=CCOC(C)(C)C(=O)NS(=O)(=O)c2ccc3c(c2)N(C[C@@H]2CC[C@H]21)C[C@@]1(CCCc2cc(Cl)ccc21)CO3. The van der Waals surface area contributed by atoms with E-state index in [1.54, 1.807) is 18.2 Å². The molecular formula is C35H44ClN3O7S. The average Bonchev–Trinajstić information content (AvgIpc) is 3.13. The van der Waals surface area contributed by atoms with Crippen molar-refractivity contribution in [2.45, 2.75) is 87.9 Å². The van der Waals surface area contributed by atoms with Crippen molar-refractivity contribution in [2.24, 2.45) is 11.8 Å². The molecule has 1 fully saturated rings. The van der Waals surface area contributed by atoms with Gasteiger partial charge >= 0.3 is 6.09 Å². The van der Waals surface area contributed by atoms with E-state index in [-0.39, 0.29) is 34.8 Å². The van der Waals surface area contributed by atoms with Crippen LogP contribution in [0.1, 0.15) is 64.5 Å². The Morgan fingerprint density at radius 2 is 1.98 bits per heavy atom. The number of anilines is 1. The minimum absolute atomic E-state index is 0.0256. The van der Waals surface area contributed by atoms with Crippen LogP contribution < -0.4 is 19.7 Å². The first kappa shape index (κ1) is 33.6. The molecule has 12 heteroatoms. The zero-order valence-corrected chi connectivity index (χ0v) is 29.0. The zero-order chi connectivity index (χ0) is 33.6. The van der Waals surface area contributed by atoms with Gasteiger partial charge in [0.25, 0.3) is 15.9 Å². The predicted octanol–water partition coefficient (Wildman–Crippen LogP) is 5.51. The van der Waals surface area contributed by atoms with Crippen LogP contribution in [0.4, 0.5) is 10.5 Å². The second-order valence-corrected chi connectivity index (χ2v) is 16.2. The summed E-state index contributed by atoms with van der Waals surface area (Å²) in [6.45, 7) is 8.45. The largest absolute Gasteiger partial charge is 0.490 e. The number of halogens is 1. The molecule has 2 bridgehead atoms. The Morgan fingerprint density at radius 1 is 1.17 bits per heavy atom. The highest BCUT2D eigenvalue weighted by Gasteiger charge is 2.45. The molecule has 0 radical (unpaired) electrons. The van der Waals surface area contributed by atoms with Crippen LogP contribution in [0.2, 0.25) is 5.02 Å². The van der Waals surface area contributed by atoms with E-state index < -0.39 is 33.7 Å². The molecule has 2 aromatic rings. The van der Waals surface area contributed by atoms with Crippen LogP contribution in [-0.4, -0.2) is 64.5 Å². The van der Waals surface area contributed by atoms with Gasteiger partial charge in [-0.25, -0.2) is 17.9 Å². The summed E-state index contributed by atoms with van der Waals surface area (Å²) in [5, 5.41) is 3.53. The maximum atomic E-state index is 13.6. The number of ether oxygens (including phenoxy) is 3. The van der Waals surface area contributed by atoms with Crippen molar-refractivity contribution in [3.8, 4) is 5.75 Å². The number of hydrogen-bond acceptors (Lipinski definition) is 8. The lowest BCUT2D eigenvalue weighted by Crippen LogP contribution is -2.50. The molecule has 0 saturated heterocycles. The quantitative estimate of drug-likeness (QED) is 0.397. The van der Waals surface area contributed by atoms with E-state index in [0.717, 1.165) is 32.1 Å². The van der Waals surface area contributed by atoms with Crippen molar-refractivity contribution in [3.63, 3.8) is 0 Å². The molecule has 1 spiro atoms.